The Labute approximate surface area is 174 Å². The monoisotopic (exact) mass is 420 g/mol. The molecule has 2 fully saturated rings. The molecule has 0 unspecified atom stereocenters. The fourth-order valence-electron chi connectivity index (χ4n) is 4.13. The highest BCUT2D eigenvalue weighted by Gasteiger charge is 2.52. The van der Waals surface area contributed by atoms with Gasteiger partial charge in [-0.15, -0.1) is 0 Å². The van der Waals surface area contributed by atoms with Crippen molar-refractivity contribution < 1.29 is 28.7 Å². The lowest BCUT2D eigenvalue weighted by atomic mass is 9.97. The van der Waals surface area contributed by atoms with Crippen molar-refractivity contribution in [1.82, 2.24) is 20.9 Å². The van der Waals surface area contributed by atoms with Crippen molar-refractivity contribution in [3.63, 3.8) is 0 Å². The summed E-state index contributed by atoms with van der Waals surface area (Å²) in [5, 5.41) is 7.33. The predicted octanol–water partition coefficient (Wildman–Crippen LogP) is 1.11. The Balaban J connectivity index is 1.33. The number of hydrogen-bond acceptors (Lipinski definition) is 6. The molecule has 0 aromatic carbocycles. The van der Waals surface area contributed by atoms with Crippen molar-refractivity contribution in [3.8, 4) is 0 Å². The Morgan fingerprint density at radius 2 is 1.90 bits per heavy atom. The minimum atomic E-state index is -0.902. The first-order valence-corrected chi connectivity index (χ1v) is 10.4. The fraction of sp³-hybridized carbons (Fsp3) is 0.650. The summed E-state index contributed by atoms with van der Waals surface area (Å²) in [5.41, 5.74) is 0.405. The van der Waals surface area contributed by atoms with E-state index in [2.05, 4.69) is 22.0 Å². The molecule has 10 heteroatoms. The molecule has 3 rings (SSSR count). The third kappa shape index (κ3) is 5.37. The highest BCUT2D eigenvalue weighted by Crippen LogP contribution is 2.34. The van der Waals surface area contributed by atoms with E-state index in [1.807, 2.05) is 0 Å². The van der Waals surface area contributed by atoms with Crippen LogP contribution in [0.4, 0.5) is 9.59 Å². The zero-order chi connectivity index (χ0) is 21.6. The molecule has 6 amide bonds. The number of rotatable bonds is 7. The van der Waals surface area contributed by atoms with Crippen LogP contribution in [0.3, 0.4) is 0 Å². The zero-order valence-electron chi connectivity index (χ0n) is 17.0. The molecule has 3 N–H and O–H groups in total. The Morgan fingerprint density at radius 1 is 1.13 bits per heavy atom. The smallest absolute Gasteiger partial charge is 0.326 e. The average molecular weight is 420 g/mol. The summed E-state index contributed by atoms with van der Waals surface area (Å²) in [5.74, 6) is -2.12. The van der Waals surface area contributed by atoms with Gasteiger partial charge in [0.25, 0.3) is 11.8 Å². The number of allylic oxidation sites excluding steroid dienone is 1. The lowest BCUT2D eigenvalue weighted by molar-refractivity contribution is -0.150. The molecule has 0 atom stereocenters. The van der Waals surface area contributed by atoms with E-state index in [1.54, 1.807) is 0 Å². The second kappa shape index (κ2) is 9.73. The third-order valence-corrected chi connectivity index (χ3v) is 5.72. The molecule has 3 aliphatic rings. The van der Waals surface area contributed by atoms with Crippen LogP contribution in [0.25, 0.3) is 0 Å². The number of hydrogen-bond donors (Lipinski definition) is 3. The van der Waals surface area contributed by atoms with Gasteiger partial charge in [-0.2, -0.15) is 0 Å². The first-order chi connectivity index (χ1) is 14.4. The van der Waals surface area contributed by atoms with Gasteiger partial charge in [-0.3, -0.25) is 24.6 Å². The standard InChI is InChI=1S/C20H28N4O6/c25-15(22-18(28)21-11-8-14-6-2-1-3-7-14)13-30-16(26)12-24-17(27)20(23-19(24)29)9-4-5-10-20/h6H,1-5,7-13H2,(H,23,29)(H2,21,22,25,28). The molecule has 2 aliphatic carbocycles. The molecule has 1 spiro atoms. The van der Waals surface area contributed by atoms with Crippen LogP contribution in [0.1, 0.15) is 57.8 Å². The van der Waals surface area contributed by atoms with E-state index in [4.69, 9.17) is 4.74 Å². The number of nitrogens with one attached hydrogen (secondary N) is 3. The maximum absolute atomic E-state index is 12.5. The minimum Gasteiger partial charge on any atom is -0.454 e. The first kappa shape index (κ1) is 21.8. The lowest BCUT2D eigenvalue weighted by Gasteiger charge is -2.19. The van der Waals surface area contributed by atoms with Gasteiger partial charge in [0.05, 0.1) is 0 Å². The summed E-state index contributed by atoms with van der Waals surface area (Å²) >= 11 is 0. The van der Waals surface area contributed by atoms with Crippen LogP contribution in [0.2, 0.25) is 0 Å². The van der Waals surface area contributed by atoms with Crippen molar-refractivity contribution in [3.05, 3.63) is 11.6 Å². The van der Waals surface area contributed by atoms with Gasteiger partial charge in [-0.25, -0.2) is 9.59 Å². The summed E-state index contributed by atoms with van der Waals surface area (Å²) in [6.07, 6.45) is 10.2. The Hall–Kier alpha value is -2.91. The molecular weight excluding hydrogens is 392 g/mol. The van der Waals surface area contributed by atoms with Gasteiger partial charge in [0, 0.05) is 6.54 Å². The molecule has 0 radical (unpaired) electrons. The number of esters is 1. The Kier molecular flexibility index (Phi) is 7.07. The van der Waals surface area contributed by atoms with E-state index in [0.29, 0.717) is 19.4 Å². The van der Waals surface area contributed by atoms with Crippen LogP contribution >= 0.6 is 0 Å². The van der Waals surface area contributed by atoms with Gasteiger partial charge >= 0.3 is 18.0 Å². The summed E-state index contributed by atoms with van der Waals surface area (Å²) in [6, 6.07) is -1.29. The van der Waals surface area contributed by atoms with E-state index in [9.17, 15) is 24.0 Å². The van der Waals surface area contributed by atoms with E-state index in [-0.39, 0.29) is 0 Å². The zero-order valence-corrected chi connectivity index (χ0v) is 17.0. The van der Waals surface area contributed by atoms with Crippen molar-refractivity contribution in [2.24, 2.45) is 0 Å². The summed E-state index contributed by atoms with van der Waals surface area (Å²) in [7, 11) is 0. The van der Waals surface area contributed by atoms with Gasteiger partial charge in [-0.05, 0) is 44.9 Å². The highest BCUT2D eigenvalue weighted by atomic mass is 16.5. The van der Waals surface area contributed by atoms with Gasteiger partial charge in [0.1, 0.15) is 12.1 Å². The van der Waals surface area contributed by atoms with Crippen molar-refractivity contribution >= 4 is 29.8 Å². The summed E-state index contributed by atoms with van der Waals surface area (Å²) in [4.78, 5) is 60.8. The topological polar surface area (TPSA) is 134 Å². The average Bonchev–Trinajstić information content (AvgIpc) is 3.28. The number of imide groups is 2. The largest absolute Gasteiger partial charge is 0.454 e. The minimum absolute atomic E-state index is 0.415. The van der Waals surface area contributed by atoms with Crippen LogP contribution in [0.5, 0.6) is 0 Å². The van der Waals surface area contributed by atoms with Crippen LogP contribution < -0.4 is 16.0 Å². The Morgan fingerprint density at radius 3 is 2.60 bits per heavy atom. The molecule has 0 aromatic rings. The van der Waals surface area contributed by atoms with Crippen molar-refractivity contribution in [2.75, 3.05) is 19.7 Å². The van der Waals surface area contributed by atoms with Gasteiger partial charge < -0.3 is 15.4 Å². The normalized spacial score (nSPS) is 20.0. The molecule has 1 saturated heterocycles. The van der Waals surface area contributed by atoms with Crippen LogP contribution in [0.15, 0.2) is 11.6 Å². The second-order valence-corrected chi connectivity index (χ2v) is 7.93. The number of ether oxygens (including phenoxy) is 1. The van der Waals surface area contributed by atoms with Crippen LogP contribution in [-0.4, -0.2) is 60.0 Å². The number of amides is 6. The molecule has 1 heterocycles. The molecule has 0 aromatic heterocycles. The second-order valence-electron chi connectivity index (χ2n) is 7.93. The molecule has 164 valence electrons. The first-order valence-electron chi connectivity index (χ1n) is 10.4. The molecule has 0 bridgehead atoms. The highest BCUT2D eigenvalue weighted by molar-refractivity contribution is 6.09. The predicted molar refractivity (Wildman–Crippen MR) is 105 cm³/mol. The number of carbonyl (C=O) groups excluding carboxylic acids is 5. The van der Waals surface area contributed by atoms with Crippen LogP contribution in [0, 0.1) is 0 Å². The molecule has 30 heavy (non-hydrogen) atoms. The number of urea groups is 2. The quantitative estimate of drug-likeness (QED) is 0.321. The summed E-state index contributed by atoms with van der Waals surface area (Å²) < 4.78 is 4.80. The number of nitrogens with zero attached hydrogens (tertiary/aromatic N) is 1. The maximum Gasteiger partial charge on any atom is 0.326 e. The fourth-order valence-corrected chi connectivity index (χ4v) is 4.13. The molecule has 10 nitrogen and oxygen atoms in total. The van der Waals surface area contributed by atoms with Gasteiger partial charge in [-0.1, -0.05) is 24.5 Å². The Bertz CT molecular complexity index is 756. The van der Waals surface area contributed by atoms with Gasteiger partial charge in [0.15, 0.2) is 6.61 Å². The number of carbonyl (C=O) groups is 5. The molecular formula is C20H28N4O6. The lowest BCUT2D eigenvalue weighted by Crippen LogP contribution is -2.45. The van der Waals surface area contributed by atoms with Crippen molar-refractivity contribution in [2.45, 2.75) is 63.3 Å². The third-order valence-electron chi connectivity index (χ3n) is 5.72. The molecule has 1 saturated carbocycles. The maximum atomic E-state index is 12.5. The van der Waals surface area contributed by atoms with E-state index < -0.39 is 48.5 Å². The molecule has 1 aliphatic heterocycles. The summed E-state index contributed by atoms with van der Waals surface area (Å²) in [6.45, 7) is -0.828. The van der Waals surface area contributed by atoms with E-state index in [0.717, 1.165) is 43.4 Å². The van der Waals surface area contributed by atoms with Crippen molar-refractivity contribution in [1.29, 1.82) is 0 Å². The van der Waals surface area contributed by atoms with E-state index >= 15 is 0 Å². The van der Waals surface area contributed by atoms with E-state index in [1.165, 1.54) is 12.0 Å². The SMILES string of the molecule is O=C(COC(=O)CN1C(=O)NC2(CCCC2)C1=O)NC(=O)NCCC1=CCCCC1. The van der Waals surface area contributed by atoms with Crippen LogP contribution in [-0.2, 0) is 19.1 Å². The van der Waals surface area contributed by atoms with Gasteiger partial charge in [0.2, 0.25) is 0 Å².